The molecule has 0 radical (unpaired) electrons. The summed E-state index contributed by atoms with van der Waals surface area (Å²) in [5.41, 5.74) is 3.26. The molecule has 8 nitrogen and oxygen atoms in total. The van der Waals surface area contributed by atoms with Crippen molar-refractivity contribution in [3.63, 3.8) is 0 Å². The van der Waals surface area contributed by atoms with Crippen molar-refractivity contribution in [1.29, 1.82) is 5.26 Å². The van der Waals surface area contributed by atoms with Crippen LogP contribution in [0.1, 0.15) is 11.1 Å². The van der Waals surface area contributed by atoms with E-state index in [9.17, 15) is 20.2 Å². The van der Waals surface area contributed by atoms with E-state index in [0.717, 1.165) is 16.9 Å². The topological polar surface area (TPSA) is 103 Å². The highest BCUT2D eigenvalue weighted by atomic mass is 16.6. The lowest BCUT2D eigenvalue weighted by Gasteiger charge is -2.49. The first-order valence-corrected chi connectivity index (χ1v) is 10.2. The number of non-ortho nitro benzene ring substituents is 1. The van der Waals surface area contributed by atoms with E-state index in [2.05, 4.69) is 27.8 Å². The Hall–Kier alpha value is -3.86. The lowest BCUT2D eigenvalue weighted by atomic mass is 9.83. The van der Waals surface area contributed by atoms with Crippen molar-refractivity contribution >= 4 is 23.0 Å². The standard InChI is InChI=1S/C23H23N5O3/c1-2-9-25-23(29)19-13-17-12-18(28(30)31)7-8-21(17)27-11-10-26(15-22(19)27)20-6-4-3-5-16(20)14-24/h2-8,12,19,22H,1,9-11,13,15H2,(H,25,29). The molecule has 0 spiro atoms. The van der Waals surface area contributed by atoms with Crippen LogP contribution in [0.2, 0.25) is 0 Å². The molecule has 1 amide bonds. The van der Waals surface area contributed by atoms with Gasteiger partial charge in [0, 0.05) is 44.0 Å². The number of hydrogen-bond acceptors (Lipinski definition) is 6. The van der Waals surface area contributed by atoms with Crippen molar-refractivity contribution in [3.05, 3.63) is 76.4 Å². The SMILES string of the molecule is C=CCNC(=O)C1Cc2cc([N+](=O)[O-])ccc2N2CCN(c3ccccc3C#N)CC12. The molecule has 2 aliphatic heterocycles. The molecule has 2 aromatic carbocycles. The Morgan fingerprint density at radius 2 is 2.10 bits per heavy atom. The van der Waals surface area contributed by atoms with Crippen LogP contribution in [0.25, 0.3) is 0 Å². The minimum atomic E-state index is -0.407. The Morgan fingerprint density at radius 1 is 1.29 bits per heavy atom. The number of carbonyl (C=O) groups excluding carboxylic acids is 1. The van der Waals surface area contributed by atoms with Gasteiger partial charge in [-0.05, 0) is 30.2 Å². The fourth-order valence-corrected chi connectivity index (χ4v) is 4.59. The van der Waals surface area contributed by atoms with Gasteiger partial charge in [0.15, 0.2) is 0 Å². The lowest BCUT2D eigenvalue weighted by molar-refractivity contribution is -0.384. The number of nitrogens with zero attached hydrogens (tertiary/aromatic N) is 4. The Morgan fingerprint density at radius 3 is 2.84 bits per heavy atom. The molecule has 1 fully saturated rings. The molecule has 0 bridgehead atoms. The summed E-state index contributed by atoms with van der Waals surface area (Å²) in [4.78, 5) is 28.2. The Labute approximate surface area is 180 Å². The van der Waals surface area contributed by atoms with Crippen molar-refractivity contribution < 1.29 is 9.72 Å². The number of nitro groups is 1. The Balaban J connectivity index is 1.70. The zero-order chi connectivity index (χ0) is 22.0. The number of nitro benzene ring substituents is 1. The van der Waals surface area contributed by atoms with E-state index < -0.39 is 4.92 Å². The van der Waals surface area contributed by atoms with E-state index in [-0.39, 0.29) is 23.6 Å². The average molecular weight is 417 g/mol. The minimum Gasteiger partial charge on any atom is -0.367 e. The van der Waals surface area contributed by atoms with Crippen molar-refractivity contribution in [3.8, 4) is 6.07 Å². The fraction of sp³-hybridized carbons (Fsp3) is 0.304. The maximum absolute atomic E-state index is 13.0. The van der Waals surface area contributed by atoms with Crippen LogP contribution in [0, 0.1) is 27.4 Å². The molecule has 2 aromatic rings. The van der Waals surface area contributed by atoms with Crippen LogP contribution in [0.5, 0.6) is 0 Å². The number of para-hydroxylation sites is 1. The largest absolute Gasteiger partial charge is 0.367 e. The molecule has 0 aromatic heterocycles. The number of carbonyl (C=O) groups is 1. The van der Waals surface area contributed by atoms with Crippen molar-refractivity contribution in [2.45, 2.75) is 12.5 Å². The third-order valence-corrected chi connectivity index (χ3v) is 6.03. The monoisotopic (exact) mass is 417 g/mol. The molecule has 1 saturated heterocycles. The highest BCUT2D eigenvalue weighted by Gasteiger charge is 2.42. The third-order valence-electron chi connectivity index (χ3n) is 6.03. The van der Waals surface area contributed by atoms with E-state index >= 15 is 0 Å². The molecule has 4 rings (SSSR count). The van der Waals surface area contributed by atoms with Gasteiger partial charge in [-0.3, -0.25) is 14.9 Å². The van der Waals surface area contributed by atoms with Crippen LogP contribution in [0.4, 0.5) is 17.1 Å². The normalized spacial score (nSPS) is 19.6. The summed E-state index contributed by atoms with van der Waals surface area (Å²) in [7, 11) is 0. The second-order valence-electron chi connectivity index (χ2n) is 7.75. The van der Waals surface area contributed by atoms with Crippen LogP contribution >= 0.6 is 0 Å². The van der Waals surface area contributed by atoms with Gasteiger partial charge in [0.25, 0.3) is 5.69 Å². The van der Waals surface area contributed by atoms with Crippen molar-refractivity contribution in [2.75, 3.05) is 36.0 Å². The predicted octanol–water partition coefficient (Wildman–Crippen LogP) is 2.64. The maximum atomic E-state index is 13.0. The maximum Gasteiger partial charge on any atom is 0.269 e. The molecule has 2 aliphatic rings. The summed E-state index contributed by atoms with van der Waals surface area (Å²) < 4.78 is 0. The second-order valence-corrected chi connectivity index (χ2v) is 7.75. The summed E-state index contributed by atoms with van der Waals surface area (Å²) in [5, 5.41) is 23.7. The number of piperazine rings is 1. The summed E-state index contributed by atoms with van der Waals surface area (Å²) >= 11 is 0. The smallest absolute Gasteiger partial charge is 0.269 e. The van der Waals surface area contributed by atoms with E-state index in [1.807, 2.05) is 18.2 Å². The van der Waals surface area contributed by atoms with E-state index in [1.165, 1.54) is 6.07 Å². The van der Waals surface area contributed by atoms with Gasteiger partial charge in [0.2, 0.25) is 5.91 Å². The number of rotatable bonds is 5. The quantitative estimate of drug-likeness (QED) is 0.456. The van der Waals surface area contributed by atoms with Gasteiger partial charge < -0.3 is 15.1 Å². The van der Waals surface area contributed by atoms with E-state index in [0.29, 0.717) is 38.2 Å². The molecule has 1 N–H and O–H groups in total. The first kappa shape index (κ1) is 20.4. The molecule has 158 valence electrons. The molecule has 0 saturated carbocycles. The number of hydrogen-bond donors (Lipinski definition) is 1. The second kappa shape index (κ2) is 8.48. The molecule has 0 aliphatic carbocycles. The first-order valence-electron chi connectivity index (χ1n) is 10.2. The Bertz CT molecular complexity index is 1080. The van der Waals surface area contributed by atoms with Crippen molar-refractivity contribution in [2.24, 2.45) is 5.92 Å². The lowest BCUT2D eigenvalue weighted by Crippen LogP contribution is -2.61. The van der Waals surface area contributed by atoms with Crippen LogP contribution in [-0.2, 0) is 11.2 Å². The number of fused-ring (bicyclic) bond motifs is 3. The number of nitriles is 1. The van der Waals surface area contributed by atoms with Gasteiger partial charge in [-0.25, -0.2) is 0 Å². The van der Waals surface area contributed by atoms with Gasteiger partial charge in [-0.1, -0.05) is 18.2 Å². The molecular weight excluding hydrogens is 394 g/mol. The van der Waals surface area contributed by atoms with Crippen LogP contribution in [0.3, 0.4) is 0 Å². The first-order chi connectivity index (χ1) is 15.0. The summed E-state index contributed by atoms with van der Waals surface area (Å²) in [6.45, 7) is 5.95. The number of anilines is 2. The number of nitrogens with one attached hydrogen (secondary N) is 1. The van der Waals surface area contributed by atoms with E-state index in [4.69, 9.17) is 0 Å². The van der Waals surface area contributed by atoms with Crippen LogP contribution in [-0.4, -0.2) is 43.1 Å². The number of benzene rings is 2. The van der Waals surface area contributed by atoms with Gasteiger partial charge in [-0.15, -0.1) is 6.58 Å². The molecule has 8 heteroatoms. The van der Waals surface area contributed by atoms with Gasteiger partial charge in [0.05, 0.1) is 28.1 Å². The summed E-state index contributed by atoms with van der Waals surface area (Å²) in [5.74, 6) is -0.464. The van der Waals surface area contributed by atoms with Gasteiger partial charge in [0.1, 0.15) is 6.07 Å². The average Bonchev–Trinajstić information content (AvgIpc) is 2.81. The molecule has 2 atom stereocenters. The van der Waals surface area contributed by atoms with Gasteiger partial charge >= 0.3 is 0 Å². The molecule has 31 heavy (non-hydrogen) atoms. The number of amides is 1. The zero-order valence-electron chi connectivity index (χ0n) is 17.0. The summed E-state index contributed by atoms with van der Waals surface area (Å²) in [6.07, 6.45) is 2.06. The van der Waals surface area contributed by atoms with Crippen LogP contribution in [0.15, 0.2) is 55.1 Å². The predicted molar refractivity (Wildman–Crippen MR) is 118 cm³/mol. The minimum absolute atomic E-state index is 0.0315. The van der Waals surface area contributed by atoms with Crippen molar-refractivity contribution in [1.82, 2.24) is 5.32 Å². The molecule has 2 heterocycles. The Kier molecular flexibility index (Phi) is 5.58. The van der Waals surface area contributed by atoms with E-state index in [1.54, 1.807) is 24.3 Å². The fourth-order valence-electron chi connectivity index (χ4n) is 4.59. The molecule has 2 unspecified atom stereocenters. The van der Waals surface area contributed by atoms with Crippen LogP contribution < -0.4 is 15.1 Å². The molecular formula is C23H23N5O3. The zero-order valence-corrected chi connectivity index (χ0v) is 17.0. The highest BCUT2D eigenvalue weighted by Crippen LogP contribution is 2.39. The third kappa shape index (κ3) is 3.82. The highest BCUT2D eigenvalue weighted by molar-refractivity contribution is 5.82. The van der Waals surface area contributed by atoms with Gasteiger partial charge in [-0.2, -0.15) is 5.26 Å². The summed E-state index contributed by atoms with van der Waals surface area (Å²) in [6, 6.07) is 14.5.